The van der Waals surface area contributed by atoms with Crippen molar-refractivity contribution >= 4 is 0 Å². The highest BCUT2D eigenvalue weighted by atomic mass is 15.2. The first-order chi connectivity index (χ1) is 8.97. The van der Waals surface area contributed by atoms with Gasteiger partial charge in [0.05, 0.1) is 0 Å². The summed E-state index contributed by atoms with van der Waals surface area (Å²) in [4.78, 5) is 2.76. The number of likely N-dealkylation sites (tertiary alicyclic amines) is 1. The van der Waals surface area contributed by atoms with E-state index >= 15 is 0 Å². The standard InChI is InChI=1S/C17H34N2/c1-13(2)8-16-6-5-7-17(9-16,12-18)19-10-14(3)15(4)11-19/h13-16H,5-12,18H2,1-4H3. The van der Waals surface area contributed by atoms with Gasteiger partial charge in [-0.1, -0.05) is 40.5 Å². The van der Waals surface area contributed by atoms with Crippen molar-refractivity contribution in [1.29, 1.82) is 0 Å². The van der Waals surface area contributed by atoms with Gasteiger partial charge in [-0.3, -0.25) is 4.90 Å². The van der Waals surface area contributed by atoms with E-state index < -0.39 is 0 Å². The highest BCUT2D eigenvalue weighted by Crippen LogP contribution is 2.42. The second-order valence-electron chi connectivity index (χ2n) is 7.88. The Hall–Kier alpha value is -0.0800. The molecular weight excluding hydrogens is 232 g/mol. The summed E-state index contributed by atoms with van der Waals surface area (Å²) in [7, 11) is 0. The Morgan fingerprint density at radius 1 is 1.21 bits per heavy atom. The molecule has 4 atom stereocenters. The van der Waals surface area contributed by atoms with Crippen molar-refractivity contribution in [3.05, 3.63) is 0 Å². The second-order valence-corrected chi connectivity index (χ2v) is 7.88. The normalized spacial score (nSPS) is 41.1. The Balaban J connectivity index is 2.05. The van der Waals surface area contributed by atoms with E-state index in [-0.39, 0.29) is 0 Å². The number of rotatable bonds is 4. The molecule has 0 aromatic heterocycles. The summed E-state index contributed by atoms with van der Waals surface area (Å²) in [6.07, 6.45) is 6.88. The molecule has 4 unspecified atom stereocenters. The van der Waals surface area contributed by atoms with Gasteiger partial charge in [0, 0.05) is 25.2 Å². The highest BCUT2D eigenvalue weighted by Gasteiger charge is 2.43. The lowest BCUT2D eigenvalue weighted by molar-refractivity contribution is 0.0461. The first-order valence-electron chi connectivity index (χ1n) is 8.42. The summed E-state index contributed by atoms with van der Waals surface area (Å²) in [5.74, 6) is 3.42. The zero-order valence-corrected chi connectivity index (χ0v) is 13.5. The largest absolute Gasteiger partial charge is 0.329 e. The molecule has 1 heterocycles. The maximum absolute atomic E-state index is 6.26. The number of hydrogen-bond donors (Lipinski definition) is 1. The van der Waals surface area contributed by atoms with Crippen LogP contribution in [0.1, 0.15) is 59.8 Å². The van der Waals surface area contributed by atoms with Crippen molar-refractivity contribution in [1.82, 2.24) is 4.90 Å². The fraction of sp³-hybridized carbons (Fsp3) is 1.00. The van der Waals surface area contributed by atoms with Crippen LogP contribution in [0, 0.1) is 23.7 Å². The average Bonchev–Trinajstić information content (AvgIpc) is 2.69. The van der Waals surface area contributed by atoms with E-state index in [1.807, 2.05) is 0 Å². The van der Waals surface area contributed by atoms with Crippen LogP contribution in [0.4, 0.5) is 0 Å². The molecular formula is C17H34N2. The first kappa shape index (κ1) is 15.3. The van der Waals surface area contributed by atoms with Crippen molar-refractivity contribution in [2.24, 2.45) is 29.4 Å². The van der Waals surface area contributed by atoms with E-state index in [1.54, 1.807) is 0 Å². The Morgan fingerprint density at radius 2 is 1.84 bits per heavy atom. The van der Waals surface area contributed by atoms with E-state index in [0.29, 0.717) is 5.54 Å². The molecule has 2 heteroatoms. The van der Waals surface area contributed by atoms with Crippen molar-refractivity contribution in [2.75, 3.05) is 19.6 Å². The quantitative estimate of drug-likeness (QED) is 0.844. The number of hydrogen-bond acceptors (Lipinski definition) is 2. The summed E-state index contributed by atoms with van der Waals surface area (Å²) in [5, 5.41) is 0. The van der Waals surface area contributed by atoms with Gasteiger partial charge in [0.25, 0.3) is 0 Å². The smallest absolute Gasteiger partial charge is 0.0334 e. The molecule has 2 nitrogen and oxygen atoms in total. The van der Waals surface area contributed by atoms with Crippen LogP contribution >= 0.6 is 0 Å². The Bertz CT molecular complexity index is 279. The van der Waals surface area contributed by atoms with E-state index in [2.05, 4.69) is 32.6 Å². The van der Waals surface area contributed by atoms with Crippen LogP contribution in [0.15, 0.2) is 0 Å². The number of nitrogens with zero attached hydrogens (tertiary/aromatic N) is 1. The van der Waals surface area contributed by atoms with E-state index in [0.717, 1.165) is 30.2 Å². The SMILES string of the molecule is CC(C)CC1CCCC(CN)(N2CC(C)C(C)C2)C1. The average molecular weight is 266 g/mol. The maximum atomic E-state index is 6.26. The molecule has 0 bridgehead atoms. The van der Waals surface area contributed by atoms with Gasteiger partial charge in [0.1, 0.15) is 0 Å². The maximum Gasteiger partial charge on any atom is 0.0334 e. The third-order valence-electron chi connectivity index (χ3n) is 5.77. The molecule has 2 N–H and O–H groups in total. The molecule has 0 aromatic carbocycles. The minimum atomic E-state index is 0.330. The molecule has 2 fully saturated rings. The Kier molecular flexibility index (Phi) is 4.94. The van der Waals surface area contributed by atoms with Crippen LogP contribution in [0.2, 0.25) is 0 Å². The van der Waals surface area contributed by atoms with E-state index in [4.69, 9.17) is 5.73 Å². The second kappa shape index (κ2) is 6.13. The van der Waals surface area contributed by atoms with Gasteiger partial charge in [-0.15, -0.1) is 0 Å². The van der Waals surface area contributed by atoms with Crippen LogP contribution in [0.25, 0.3) is 0 Å². The molecule has 1 saturated carbocycles. The van der Waals surface area contributed by atoms with Gasteiger partial charge in [-0.05, 0) is 42.9 Å². The van der Waals surface area contributed by atoms with Gasteiger partial charge in [-0.2, -0.15) is 0 Å². The molecule has 0 amide bonds. The van der Waals surface area contributed by atoms with Gasteiger partial charge in [0.2, 0.25) is 0 Å². The van der Waals surface area contributed by atoms with Crippen LogP contribution in [0.3, 0.4) is 0 Å². The van der Waals surface area contributed by atoms with Gasteiger partial charge < -0.3 is 5.73 Å². The molecule has 0 aromatic rings. The fourth-order valence-electron chi connectivity index (χ4n) is 4.45. The molecule has 112 valence electrons. The molecule has 1 saturated heterocycles. The molecule has 0 spiro atoms. The third-order valence-corrected chi connectivity index (χ3v) is 5.77. The van der Waals surface area contributed by atoms with E-state index in [9.17, 15) is 0 Å². The van der Waals surface area contributed by atoms with Crippen molar-refractivity contribution in [2.45, 2.75) is 65.3 Å². The van der Waals surface area contributed by atoms with Crippen molar-refractivity contribution in [3.8, 4) is 0 Å². The summed E-state index contributed by atoms with van der Waals surface area (Å²) in [6.45, 7) is 12.9. The Labute approximate surface area is 120 Å². The minimum Gasteiger partial charge on any atom is -0.329 e. The molecule has 1 aliphatic heterocycles. The van der Waals surface area contributed by atoms with Crippen LogP contribution in [0.5, 0.6) is 0 Å². The van der Waals surface area contributed by atoms with Crippen LogP contribution in [-0.2, 0) is 0 Å². The molecule has 2 aliphatic rings. The minimum absolute atomic E-state index is 0.330. The van der Waals surface area contributed by atoms with Gasteiger partial charge in [0.15, 0.2) is 0 Å². The monoisotopic (exact) mass is 266 g/mol. The topological polar surface area (TPSA) is 29.3 Å². The zero-order valence-electron chi connectivity index (χ0n) is 13.5. The molecule has 1 aliphatic carbocycles. The van der Waals surface area contributed by atoms with Crippen LogP contribution in [-0.4, -0.2) is 30.1 Å². The Morgan fingerprint density at radius 3 is 2.37 bits per heavy atom. The van der Waals surface area contributed by atoms with Crippen molar-refractivity contribution < 1.29 is 0 Å². The lowest BCUT2D eigenvalue weighted by Gasteiger charge is -2.47. The fourth-order valence-corrected chi connectivity index (χ4v) is 4.45. The number of nitrogens with two attached hydrogens (primary N) is 1. The van der Waals surface area contributed by atoms with Gasteiger partial charge in [-0.25, -0.2) is 0 Å². The van der Waals surface area contributed by atoms with Crippen molar-refractivity contribution in [3.63, 3.8) is 0 Å². The predicted octanol–water partition coefficient (Wildman–Crippen LogP) is 3.51. The summed E-state index contributed by atoms with van der Waals surface area (Å²) >= 11 is 0. The summed E-state index contributed by atoms with van der Waals surface area (Å²) in [6, 6.07) is 0. The molecule has 2 rings (SSSR count). The van der Waals surface area contributed by atoms with E-state index in [1.165, 1.54) is 45.2 Å². The lowest BCUT2D eigenvalue weighted by Crippen LogP contribution is -2.55. The summed E-state index contributed by atoms with van der Waals surface area (Å²) < 4.78 is 0. The van der Waals surface area contributed by atoms with Gasteiger partial charge >= 0.3 is 0 Å². The third kappa shape index (κ3) is 3.33. The molecule has 0 radical (unpaired) electrons. The zero-order chi connectivity index (χ0) is 14.0. The predicted molar refractivity (Wildman–Crippen MR) is 83.1 cm³/mol. The molecule has 19 heavy (non-hydrogen) atoms. The van der Waals surface area contributed by atoms with Crippen LogP contribution < -0.4 is 5.73 Å². The summed E-state index contributed by atoms with van der Waals surface area (Å²) in [5.41, 5.74) is 6.59. The lowest BCUT2D eigenvalue weighted by atomic mass is 9.72. The highest BCUT2D eigenvalue weighted by molar-refractivity contribution is 5.00. The first-order valence-corrected chi connectivity index (χ1v) is 8.42.